The summed E-state index contributed by atoms with van der Waals surface area (Å²) < 4.78 is 39.2. The van der Waals surface area contributed by atoms with E-state index in [9.17, 15) is 28.1 Å². The van der Waals surface area contributed by atoms with Gasteiger partial charge in [-0.2, -0.15) is 13.2 Å². The molecule has 0 saturated heterocycles. The maximum Gasteiger partial charge on any atom is 0.431 e. The SMILES string of the molecule is O=C(/C=C(/Nc1ccccc1)C(F)(F)F)c1ccc([N+](=O)[O-])cc1. The van der Waals surface area contributed by atoms with Gasteiger partial charge >= 0.3 is 6.18 Å². The standard InChI is InChI=1S/C16H11F3N2O3/c17-16(18,19)15(20-12-4-2-1-3-5-12)10-14(22)11-6-8-13(9-7-11)21(23)24/h1-10,20H/b15-10+. The van der Waals surface area contributed by atoms with Gasteiger partial charge < -0.3 is 5.32 Å². The Bertz CT molecular complexity index is 769. The largest absolute Gasteiger partial charge is 0.431 e. The second kappa shape index (κ2) is 6.95. The summed E-state index contributed by atoms with van der Waals surface area (Å²) in [4.78, 5) is 21.9. The Kier molecular flexibility index (Phi) is 4.98. The Morgan fingerprint density at radius 3 is 2.12 bits per heavy atom. The molecule has 2 aromatic rings. The molecule has 0 amide bonds. The number of carbonyl (C=O) groups is 1. The maximum atomic E-state index is 13.1. The van der Waals surface area contributed by atoms with Gasteiger partial charge in [-0.15, -0.1) is 0 Å². The van der Waals surface area contributed by atoms with E-state index < -0.39 is 22.6 Å². The lowest BCUT2D eigenvalue weighted by Gasteiger charge is -2.14. The van der Waals surface area contributed by atoms with Gasteiger partial charge in [0.05, 0.1) is 4.92 Å². The number of rotatable bonds is 5. The predicted molar refractivity (Wildman–Crippen MR) is 81.6 cm³/mol. The number of hydrogen-bond donors (Lipinski definition) is 1. The Hall–Kier alpha value is -3.16. The van der Waals surface area contributed by atoms with Gasteiger partial charge in [0.1, 0.15) is 5.70 Å². The van der Waals surface area contributed by atoms with Crippen LogP contribution in [0.5, 0.6) is 0 Å². The minimum Gasteiger partial charge on any atom is -0.351 e. The Morgan fingerprint density at radius 2 is 1.62 bits per heavy atom. The van der Waals surface area contributed by atoms with E-state index in [0.29, 0.717) is 6.08 Å². The van der Waals surface area contributed by atoms with Gasteiger partial charge in [0.25, 0.3) is 5.69 Å². The summed E-state index contributed by atoms with van der Waals surface area (Å²) in [5.74, 6) is -0.916. The van der Waals surface area contributed by atoms with Crippen LogP contribution in [0.1, 0.15) is 10.4 Å². The molecular weight excluding hydrogens is 325 g/mol. The van der Waals surface area contributed by atoms with E-state index in [2.05, 4.69) is 5.32 Å². The lowest BCUT2D eigenvalue weighted by molar-refractivity contribution is -0.384. The smallest absolute Gasteiger partial charge is 0.351 e. The molecule has 0 radical (unpaired) electrons. The van der Waals surface area contributed by atoms with Crippen LogP contribution in [0, 0.1) is 10.1 Å². The molecule has 2 rings (SSSR count). The van der Waals surface area contributed by atoms with Crippen LogP contribution < -0.4 is 5.32 Å². The van der Waals surface area contributed by atoms with Crippen LogP contribution in [0.3, 0.4) is 0 Å². The lowest BCUT2D eigenvalue weighted by atomic mass is 10.1. The number of halogens is 3. The first kappa shape index (κ1) is 17.2. The molecule has 24 heavy (non-hydrogen) atoms. The van der Waals surface area contributed by atoms with Crippen LogP contribution in [0.4, 0.5) is 24.5 Å². The number of benzene rings is 2. The van der Waals surface area contributed by atoms with Gasteiger partial charge in [0.15, 0.2) is 5.78 Å². The van der Waals surface area contributed by atoms with Crippen molar-refractivity contribution in [2.45, 2.75) is 6.18 Å². The number of nitro groups is 1. The van der Waals surface area contributed by atoms with E-state index in [1.807, 2.05) is 0 Å². The van der Waals surface area contributed by atoms with Crippen molar-refractivity contribution in [3.63, 3.8) is 0 Å². The summed E-state index contributed by atoms with van der Waals surface area (Å²) in [6.45, 7) is 0. The van der Waals surface area contributed by atoms with Crippen molar-refractivity contribution in [3.8, 4) is 0 Å². The van der Waals surface area contributed by atoms with Crippen molar-refractivity contribution < 1.29 is 22.9 Å². The van der Waals surface area contributed by atoms with Crippen LogP contribution in [0.15, 0.2) is 66.4 Å². The number of nitrogens with zero attached hydrogens (tertiary/aromatic N) is 1. The molecule has 1 N–H and O–H groups in total. The van der Waals surface area contributed by atoms with Crippen molar-refractivity contribution in [1.29, 1.82) is 0 Å². The molecule has 0 fully saturated rings. The maximum absolute atomic E-state index is 13.1. The summed E-state index contributed by atoms with van der Waals surface area (Å²) >= 11 is 0. The number of nitro benzene ring substituents is 1. The third-order valence-corrected chi connectivity index (χ3v) is 3.00. The van der Waals surface area contributed by atoms with Crippen molar-refractivity contribution in [1.82, 2.24) is 0 Å². The average Bonchev–Trinajstić information content (AvgIpc) is 2.54. The van der Waals surface area contributed by atoms with Crippen LogP contribution in [-0.2, 0) is 0 Å². The summed E-state index contributed by atoms with van der Waals surface area (Å²) in [5, 5.41) is 12.7. The molecule has 0 aliphatic heterocycles. The third-order valence-electron chi connectivity index (χ3n) is 3.00. The van der Waals surface area contributed by atoms with Crippen molar-refractivity contribution in [3.05, 3.63) is 82.0 Å². The van der Waals surface area contributed by atoms with E-state index >= 15 is 0 Å². The molecule has 0 spiro atoms. The fraction of sp³-hybridized carbons (Fsp3) is 0.0625. The molecule has 0 unspecified atom stereocenters. The number of ketones is 1. The molecule has 0 heterocycles. The zero-order valence-electron chi connectivity index (χ0n) is 12.1. The van der Waals surface area contributed by atoms with Crippen LogP contribution in [0.2, 0.25) is 0 Å². The van der Waals surface area contributed by atoms with Crippen molar-refractivity contribution in [2.75, 3.05) is 5.32 Å². The van der Waals surface area contributed by atoms with Gasteiger partial charge in [0, 0.05) is 29.5 Å². The highest BCUT2D eigenvalue weighted by Gasteiger charge is 2.34. The predicted octanol–water partition coefficient (Wildman–Crippen LogP) is 4.34. The molecular formula is C16H11F3N2O3. The fourth-order valence-corrected chi connectivity index (χ4v) is 1.83. The normalized spacial score (nSPS) is 11.9. The molecule has 0 saturated carbocycles. The van der Waals surface area contributed by atoms with Crippen LogP contribution in [-0.4, -0.2) is 16.9 Å². The first-order valence-electron chi connectivity index (χ1n) is 6.67. The number of anilines is 1. The summed E-state index contributed by atoms with van der Waals surface area (Å²) in [6.07, 6.45) is -4.33. The second-order valence-corrected chi connectivity index (χ2v) is 4.72. The highest BCUT2D eigenvalue weighted by Crippen LogP contribution is 2.27. The molecule has 0 bridgehead atoms. The average molecular weight is 336 g/mol. The second-order valence-electron chi connectivity index (χ2n) is 4.72. The van der Waals surface area contributed by atoms with E-state index in [1.54, 1.807) is 18.2 Å². The number of non-ortho nitro benzene ring substituents is 1. The molecule has 0 aliphatic carbocycles. The summed E-state index contributed by atoms with van der Waals surface area (Å²) in [7, 11) is 0. The first-order valence-corrected chi connectivity index (χ1v) is 6.67. The highest BCUT2D eigenvalue weighted by atomic mass is 19.4. The van der Waals surface area contributed by atoms with Gasteiger partial charge in [-0.3, -0.25) is 14.9 Å². The topological polar surface area (TPSA) is 72.2 Å². The molecule has 5 nitrogen and oxygen atoms in total. The van der Waals surface area contributed by atoms with Crippen molar-refractivity contribution >= 4 is 17.2 Å². The number of allylic oxidation sites excluding steroid dienone is 2. The van der Waals surface area contributed by atoms with Crippen molar-refractivity contribution in [2.24, 2.45) is 0 Å². The van der Waals surface area contributed by atoms with E-state index in [1.165, 1.54) is 12.1 Å². The molecule has 124 valence electrons. The molecule has 0 atom stereocenters. The minimum absolute atomic E-state index is 0.0859. The monoisotopic (exact) mass is 336 g/mol. The zero-order chi connectivity index (χ0) is 17.7. The summed E-state index contributed by atoms with van der Waals surface area (Å²) in [6, 6.07) is 11.9. The first-order chi connectivity index (χ1) is 11.3. The number of carbonyl (C=O) groups excluding carboxylic acids is 1. The van der Waals surface area contributed by atoms with Crippen LogP contribution in [0.25, 0.3) is 0 Å². The Balaban J connectivity index is 2.28. The number of para-hydroxylation sites is 1. The number of nitrogens with one attached hydrogen (secondary N) is 1. The molecule has 8 heteroatoms. The molecule has 0 aromatic heterocycles. The zero-order valence-corrected chi connectivity index (χ0v) is 12.1. The molecule has 2 aromatic carbocycles. The number of hydrogen-bond acceptors (Lipinski definition) is 4. The quantitative estimate of drug-likeness (QED) is 0.382. The van der Waals surface area contributed by atoms with E-state index in [-0.39, 0.29) is 16.9 Å². The van der Waals surface area contributed by atoms with E-state index in [0.717, 1.165) is 24.3 Å². The third kappa shape index (κ3) is 4.42. The van der Waals surface area contributed by atoms with Gasteiger partial charge in [-0.1, -0.05) is 18.2 Å². The Morgan fingerprint density at radius 1 is 1.04 bits per heavy atom. The van der Waals surface area contributed by atoms with E-state index in [4.69, 9.17) is 0 Å². The van der Waals surface area contributed by atoms with Gasteiger partial charge in [0.2, 0.25) is 0 Å². The fourth-order valence-electron chi connectivity index (χ4n) is 1.83. The number of alkyl halides is 3. The summed E-state index contributed by atoms with van der Waals surface area (Å²) in [5.41, 5.74) is -1.39. The highest BCUT2D eigenvalue weighted by molar-refractivity contribution is 6.05. The Labute approximate surface area is 134 Å². The molecule has 0 aliphatic rings. The lowest BCUT2D eigenvalue weighted by Crippen LogP contribution is -2.20. The van der Waals surface area contributed by atoms with Gasteiger partial charge in [-0.25, -0.2) is 0 Å². The van der Waals surface area contributed by atoms with Crippen LogP contribution >= 0.6 is 0 Å². The minimum atomic E-state index is -4.76. The van der Waals surface area contributed by atoms with Gasteiger partial charge in [-0.05, 0) is 24.3 Å².